The molecule has 0 amide bonds. The molecule has 0 spiro atoms. The van der Waals surface area contributed by atoms with E-state index in [1.54, 1.807) is 19.2 Å². The fraction of sp³-hybridized carbons (Fsp3) is 0.806. The van der Waals surface area contributed by atoms with Crippen LogP contribution in [0.5, 0.6) is 5.75 Å². The van der Waals surface area contributed by atoms with E-state index < -0.39 is 8.32 Å². The van der Waals surface area contributed by atoms with E-state index in [-0.39, 0.29) is 11.1 Å². The summed E-state index contributed by atoms with van der Waals surface area (Å²) in [6.07, 6.45) is 21.8. The highest BCUT2D eigenvalue weighted by atomic mass is 28.4. The summed E-state index contributed by atoms with van der Waals surface area (Å²) in [5.74, 6) is 0.673. The smallest absolute Gasteiger partial charge is 0.192 e. The molecule has 0 aliphatic heterocycles. The molecule has 5 nitrogen and oxygen atoms in total. The molecule has 1 unspecified atom stereocenters. The van der Waals surface area contributed by atoms with Crippen LogP contribution in [-0.4, -0.2) is 41.4 Å². The van der Waals surface area contributed by atoms with E-state index in [9.17, 15) is 5.26 Å². The minimum atomic E-state index is -1.90. The second kappa shape index (κ2) is 23.1. The summed E-state index contributed by atoms with van der Waals surface area (Å²) in [5.41, 5.74) is 1.50. The monoisotopic (exact) mass is 603 g/mol. The lowest BCUT2D eigenvalue weighted by Crippen LogP contribution is -2.43. The lowest BCUT2D eigenvalue weighted by molar-refractivity contribution is -0.0480. The lowest BCUT2D eigenvalue weighted by atomic mass is 10.0. The van der Waals surface area contributed by atoms with E-state index in [0.717, 1.165) is 18.6 Å². The van der Waals surface area contributed by atoms with Gasteiger partial charge in [0.25, 0.3) is 0 Å². The molecule has 0 fully saturated rings. The molecule has 6 heteroatoms. The number of methoxy groups -OCH3 is 1. The molecular weight excluding hydrogens is 538 g/mol. The zero-order valence-corrected chi connectivity index (χ0v) is 29.5. The van der Waals surface area contributed by atoms with Gasteiger partial charge in [0.1, 0.15) is 11.9 Å². The molecule has 0 heterocycles. The highest BCUT2D eigenvalue weighted by molar-refractivity contribution is 6.74. The number of ether oxygens (including phenoxy) is 3. The molecule has 0 radical (unpaired) electrons. The molecule has 1 rings (SSSR count). The lowest BCUT2D eigenvalue weighted by Gasteiger charge is -2.37. The van der Waals surface area contributed by atoms with E-state index >= 15 is 0 Å². The van der Waals surface area contributed by atoms with Crippen molar-refractivity contribution in [3.63, 3.8) is 0 Å². The van der Waals surface area contributed by atoms with Crippen LogP contribution in [0.1, 0.15) is 142 Å². The van der Waals surface area contributed by atoms with E-state index in [1.807, 2.05) is 6.07 Å². The Labute approximate surface area is 261 Å². The van der Waals surface area contributed by atoms with E-state index in [0.29, 0.717) is 31.1 Å². The van der Waals surface area contributed by atoms with E-state index in [1.165, 1.54) is 96.3 Å². The number of nitrogens with zero attached hydrogens (tertiary/aromatic N) is 1. The minimum absolute atomic E-state index is 0.141. The Balaban J connectivity index is 2.26. The van der Waals surface area contributed by atoms with Crippen LogP contribution in [0.2, 0.25) is 18.1 Å². The Morgan fingerprint density at radius 3 is 1.79 bits per heavy atom. The number of rotatable bonds is 26. The standard InChI is InChI=1S/C36H65NO4Si/c1-8-9-10-11-12-13-14-15-16-17-18-19-20-21-22-23-26-39-30-34(31-41-42(6,7)36(2,3)4)40-29-33-25-24-32(28-37)27-35(33)38-5/h24-25,27,34H,8-23,26,29-31H2,1-7H3. The first-order valence-electron chi connectivity index (χ1n) is 17.0. The molecule has 0 aliphatic rings. The predicted octanol–water partition coefficient (Wildman–Crippen LogP) is 10.8. The van der Waals surface area contributed by atoms with Crippen LogP contribution in [-0.2, 0) is 20.5 Å². The first-order valence-corrected chi connectivity index (χ1v) is 20.0. The maximum atomic E-state index is 9.19. The normalized spacial score (nSPS) is 12.8. The van der Waals surface area contributed by atoms with Gasteiger partial charge < -0.3 is 18.6 Å². The third kappa shape index (κ3) is 17.7. The van der Waals surface area contributed by atoms with Gasteiger partial charge >= 0.3 is 0 Å². The first kappa shape index (κ1) is 38.6. The van der Waals surface area contributed by atoms with Crippen LogP contribution >= 0.6 is 0 Å². The molecule has 0 N–H and O–H groups in total. The molecule has 1 aromatic rings. The molecule has 0 aromatic heterocycles. The summed E-state index contributed by atoms with van der Waals surface area (Å²) in [6, 6.07) is 7.63. The zero-order valence-electron chi connectivity index (χ0n) is 28.5. The molecule has 0 saturated carbocycles. The van der Waals surface area contributed by atoms with Gasteiger partial charge in [0.05, 0.1) is 38.6 Å². The van der Waals surface area contributed by atoms with Crippen molar-refractivity contribution in [2.75, 3.05) is 26.9 Å². The highest BCUT2D eigenvalue weighted by Crippen LogP contribution is 2.36. The number of nitriles is 1. The number of benzene rings is 1. The van der Waals surface area contributed by atoms with Gasteiger partial charge in [0.2, 0.25) is 0 Å². The van der Waals surface area contributed by atoms with E-state index in [2.05, 4.69) is 46.9 Å². The molecule has 1 atom stereocenters. The second-order valence-electron chi connectivity index (χ2n) is 13.5. The Morgan fingerprint density at radius 2 is 1.31 bits per heavy atom. The molecule has 0 bridgehead atoms. The Hall–Kier alpha value is -1.39. The van der Waals surface area contributed by atoms with Gasteiger partial charge in [-0.1, -0.05) is 130 Å². The SMILES string of the molecule is CCCCCCCCCCCCCCCCCCOCC(CO[Si](C)(C)C(C)(C)C)OCc1ccc(C#N)cc1OC. The Morgan fingerprint density at radius 1 is 0.786 bits per heavy atom. The molecule has 0 saturated heterocycles. The van der Waals surface area contributed by atoms with Crippen molar-refractivity contribution in [1.82, 2.24) is 0 Å². The second-order valence-corrected chi connectivity index (χ2v) is 18.3. The summed E-state index contributed by atoms with van der Waals surface area (Å²) in [6.45, 7) is 15.8. The third-order valence-electron chi connectivity index (χ3n) is 8.77. The first-order chi connectivity index (χ1) is 20.1. The number of hydrogen-bond donors (Lipinski definition) is 0. The van der Waals surface area contributed by atoms with Crippen molar-refractivity contribution >= 4 is 8.32 Å². The summed E-state index contributed by atoms with van der Waals surface area (Å²) in [7, 11) is -0.272. The largest absolute Gasteiger partial charge is 0.496 e. The van der Waals surface area contributed by atoms with Crippen molar-refractivity contribution in [3.8, 4) is 11.8 Å². The van der Waals surface area contributed by atoms with Crippen LogP contribution in [0, 0.1) is 11.3 Å². The van der Waals surface area contributed by atoms with Crippen molar-refractivity contribution in [2.24, 2.45) is 0 Å². The van der Waals surface area contributed by atoms with Gasteiger partial charge in [-0.25, -0.2) is 0 Å². The van der Waals surface area contributed by atoms with Crippen molar-refractivity contribution in [2.45, 2.75) is 161 Å². The Bertz CT molecular complexity index is 846. The third-order valence-corrected chi connectivity index (χ3v) is 13.3. The average Bonchev–Trinajstić information content (AvgIpc) is 2.96. The quantitative estimate of drug-likeness (QED) is 0.0778. The fourth-order valence-corrected chi connectivity index (χ4v) is 5.81. The number of unbranched alkanes of at least 4 members (excludes halogenated alkanes) is 15. The van der Waals surface area contributed by atoms with E-state index in [4.69, 9.17) is 18.6 Å². The van der Waals surface area contributed by atoms with Crippen LogP contribution in [0.25, 0.3) is 0 Å². The van der Waals surface area contributed by atoms with Gasteiger partial charge in [-0.3, -0.25) is 0 Å². The minimum Gasteiger partial charge on any atom is -0.496 e. The molecular formula is C36H65NO4Si. The molecule has 242 valence electrons. The van der Waals surface area contributed by atoms with Gasteiger partial charge in [0.15, 0.2) is 8.32 Å². The number of hydrogen-bond acceptors (Lipinski definition) is 5. The molecule has 0 aliphatic carbocycles. The highest BCUT2D eigenvalue weighted by Gasteiger charge is 2.37. The van der Waals surface area contributed by atoms with Crippen molar-refractivity contribution in [3.05, 3.63) is 29.3 Å². The summed E-state index contributed by atoms with van der Waals surface area (Å²) >= 11 is 0. The maximum absolute atomic E-state index is 9.19. The van der Waals surface area contributed by atoms with Crippen LogP contribution in [0.15, 0.2) is 18.2 Å². The Kier molecular flexibility index (Phi) is 21.2. The van der Waals surface area contributed by atoms with Crippen LogP contribution in [0.3, 0.4) is 0 Å². The maximum Gasteiger partial charge on any atom is 0.192 e. The van der Waals surface area contributed by atoms with Gasteiger partial charge in [-0.05, 0) is 36.7 Å². The van der Waals surface area contributed by atoms with Gasteiger partial charge in [-0.15, -0.1) is 0 Å². The molecule has 1 aromatic carbocycles. The topological polar surface area (TPSA) is 60.7 Å². The zero-order chi connectivity index (χ0) is 31.1. The summed E-state index contributed by atoms with van der Waals surface area (Å²) in [4.78, 5) is 0. The van der Waals surface area contributed by atoms with Crippen molar-refractivity contribution in [1.29, 1.82) is 5.26 Å². The average molecular weight is 604 g/mol. The van der Waals surface area contributed by atoms with Gasteiger partial charge in [0, 0.05) is 12.2 Å². The van der Waals surface area contributed by atoms with Crippen LogP contribution in [0.4, 0.5) is 0 Å². The molecule has 42 heavy (non-hydrogen) atoms. The predicted molar refractivity (Wildman–Crippen MR) is 180 cm³/mol. The summed E-state index contributed by atoms with van der Waals surface area (Å²) in [5, 5.41) is 9.33. The van der Waals surface area contributed by atoms with Gasteiger partial charge in [-0.2, -0.15) is 5.26 Å². The van der Waals surface area contributed by atoms with Crippen molar-refractivity contribution < 1.29 is 18.6 Å². The summed E-state index contributed by atoms with van der Waals surface area (Å²) < 4.78 is 24.4. The fourth-order valence-electron chi connectivity index (χ4n) is 4.77. The van der Waals surface area contributed by atoms with Crippen LogP contribution < -0.4 is 4.74 Å².